The Morgan fingerprint density at radius 1 is 1.54 bits per heavy atom. The number of furan rings is 1. The lowest BCUT2D eigenvalue weighted by Gasteiger charge is -2.13. The predicted octanol–water partition coefficient (Wildman–Crippen LogP) is 1.47. The SMILES string of the molecule is CCc1ccc(C(O)C(C)CN)o1. The maximum Gasteiger partial charge on any atom is 0.132 e. The van der Waals surface area contributed by atoms with Crippen LogP contribution in [0.4, 0.5) is 0 Å². The molecule has 3 N–H and O–H groups in total. The van der Waals surface area contributed by atoms with Gasteiger partial charge < -0.3 is 15.3 Å². The third kappa shape index (κ3) is 2.32. The topological polar surface area (TPSA) is 59.4 Å². The van der Waals surface area contributed by atoms with E-state index in [1.807, 2.05) is 26.0 Å². The average molecular weight is 183 g/mol. The number of hydrogen-bond donors (Lipinski definition) is 2. The molecule has 74 valence electrons. The molecule has 1 rings (SSSR count). The van der Waals surface area contributed by atoms with Crippen molar-refractivity contribution in [1.82, 2.24) is 0 Å². The second-order valence-corrected chi connectivity index (χ2v) is 3.32. The monoisotopic (exact) mass is 183 g/mol. The summed E-state index contributed by atoms with van der Waals surface area (Å²) in [6.45, 7) is 4.38. The molecular formula is C10H17NO2. The van der Waals surface area contributed by atoms with E-state index >= 15 is 0 Å². The zero-order valence-electron chi connectivity index (χ0n) is 8.16. The van der Waals surface area contributed by atoms with Gasteiger partial charge in [-0.15, -0.1) is 0 Å². The van der Waals surface area contributed by atoms with Crippen LogP contribution in [0.2, 0.25) is 0 Å². The summed E-state index contributed by atoms with van der Waals surface area (Å²) < 4.78 is 5.41. The van der Waals surface area contributed by atoms with Crippen LogP contribution >= 0.6 is 0 Å². The summed E-state index contributed by atoms with van der Waals surface area (Å²) in [5.41, 5.74) is 5.45. The Hall–Kier alpha value is -0.800. The molecule has 0 bridgehead atoms. The minimum Gasteiger partial charge on any atom is -0.463 e. The van der Waals surface area contributed by atoms with E-state index in [9.17, 15) is 5.11 Å². The summed E-state index contributed by atoms with van der Waals surface area (Å²) in [6.07, 6.45) is 0.272. The minimum absolute atomic E-state index is 0.0378. The lowest BCUT2D eigenvalue weighted by molar-refractivity contribution is 0.0966. The summed E-state index contributed by atoms with van der Waals surface area (Å²) in [6, 6.07) is 3.71. The summed E-state index contributed by atoms with van der Waals surface area (Å²) in [7, 11) is 0. The Labute approximate surface area is 78.5 Å². The number of nitrogens with two attached hydrogens (primary N) is 1. The molecule has 0 aromatic carbocycles. The molecular weight excluding hydrogens is 166 g/mol. The molecule has 2 atom stereocenters. The molecule has 0 saturated heterocycles. The molecule has 0 radical (unpaired) electrons. The molecule has 13 heavy (non-hydrogen) atoms. The molecule has 0 spiro atoms. The Morgan fingerprint density at radius 2 is 2.23 bits per heavy atom. The van der Waals surface area contributed by atoms with Gasteiger partial charge in [0.2, 0.25) is 0 Å². The van der Waals surface area contributed by atoms with Crippen molar-refractivity contribution in [3.05, 3.63) is 23.7 Å². The van der Waals surface area contributed by atoms with E-state index in [1.165, 1.54) is 0 Å². The van der Waals surface area contributed by atoms with E-state index in [-0.39, 0.29) is 5.92 Å². The van der Waals surface area contributed by atoms with Gasteiger partial charge in [0, 0.05) is 12.3 Å². The van der Waals surface area contributed by atoms with Crippen LogP contribution < -0.4 is 5.73 Å². The van der Waals surface area contributed by atoms with E-state index in [0.717, 1.165) is 12.2 Å². The van der Waals surface area contributed by atoms with E-state index in [0.29, 0.717) is 12.3 Å². The molecule has 0 fully saturated rings. The van der Waals surface area contributed by atoms with E-state index < -0.39 is 6.10 Å². The zero-order chi connectivity index (χ0) is 9.84. The van der Waals surface area contributed by atoms with Gasteiger partial charge in [-0.05, 0) is 18.7 Å². The molecule has 0 aliphatic carbocycles. The first kappa shape index (κ1) is 10.3. The van der Waals surface area contributed by atoms with Crippen LogP contribution in [0.3, 0.4) is 0 Å². The van der Waals surface area contributed by atoms with Crippen molar-refractivity contribution in [3.63, 3.8) is 0 Å². The third-order valence-corrected chi connectivity index (χ3v) is 2.23. The summed E-state index contributed by atoms with van der Waals surface area (Å²) in [5, 5.41) is 9.72. The Morgan fingerprint density at radius 3 is 2.69 bits per heavy atom. The van der Waals surface area contributed by atoms with Crippen molar-refractivity contribution < 1.29 is 9.52 Å². The van der Waals surface area contributed by atoms with Gasteiger partial charge in [-0.3, -0.25) is 0 Å². The van der Waals surface area contributed by atoms with Gasteiger partial charge in [0.15, 0.2) is 0 Å². The van der Waals surface area contributed by atoms with Gasteiger partial charge in [0.1, 0.15) is 17.6 Å². The van der Waals surface area contributed by atoms with Crippen molar-refractivity contribution in [2.45, 2.75) is 26.4 Å². The lowest BCUT2D eigenvalue weighted by Crippen LogP contribution is -2.18. The smallest absolute Gasteiger partial charge is 0.132 e. The third-order valence-electron chi connectivity index (χ3n) is 2.23. The largest absolute Gasteiger partial charge is 0.463 e. The van der Waals surface area contributed by atoms with Crippen LogP contribution in [0.25, 0.3) is 0 Å². The van der Waals surface area contributed by atoms with Gasteiger partial charge in [-0.2, -0.15) is 0 Å². The maximum absolute atomic E-state index is 9.72. The summed E-state index contributed by atoms with van der Waals surface area (Å²) in [4.78, 5) is 0. The summed E-state index contributed by atoms with van der Waals surface area (Å²) >= 11 is 0. The standard InChI is InChI=1S/C10H17NO2/c1-3-8-4-5-9(13-8)10(12)7(2)6-11/h4-5,7,10,12H,3,6,11H2,1-2H3. The maximum atomic E-state index is 9.72. The van der Waals surface area contributed by atoms with Crippen LogP contribution in [0.15, 0.2) is 16.5 Å². The highest BCUT2D eigenvalue weighted by Gasteiger charge is 2.18. The number of hydrogen-bond acceptors (Lipinski definition) is 3. The van der Waals surface area contributed by atoms with Crippen molar-refractivity contribution in [1.29, 1.82) is 0 Å². The fourth-order valence-corrected chi connectivity index (χ4v) is 1.15. The Bertz CT molecular complexity index is 257. The Balaban J connectivity index is 2.70. The van der Waals surface area contributed by atoms with Gasteiger partial charge >= 0.3 is 0 Å². The highest BCUT2D eigenvalue weighted by atomic mass is 16.4. The first-order valence-corrected chi connectivity index (χ1v) is 4.65. The fraction of sp³-hybridized carbons (Fsp3) is 0.600. The number of aliphatic hydroxyl groups excluding tert-OH is 1. The number of rotatable bonds is 4. The molecule has 1 aromatic rings. The van der Waals surface area contributed by atoms with Crippen molar-refractivity contribution in [3.8, 4) is 0 Å². The van der Waals surface area contributed by atoms with Crippen LogP contribution in [-0.4, -0.2) is 11.7 Å². The molecule has 0 aliphatic heterocycles. The van der Waals surface area contributed by atoms with E-state index in [1.54, 1.807) is 0 Å². The molecule has 3 nitrogen and oxygen atoms in total. The van der Waals surface area contributed by atoms with Gasteiger partial charge in [-0.1, -0.05) is 13.8 Å². The van der Waals surface area contributed by atoms with E-state index in [4.69, 9.17) is 10.2 Å². The second kappa shape index (κ2) is 4.44. The van der Waals surface area contributed by atoms with Gasteiger partial charge in [0.25, 0.3) is 0 Å². The molecule has 0 aliphatic rings. The first-order chi connectivity index (χ1) is 6.19. The van der Waals surface area contributed by atoms with Crippen molar-refractivity contribution in [2.75, 3.05) is 6.54 Å². The number of aryl methyl sites for hydroxylation is 1. The summed E-state index contributed by atoms with van der Waals surface area (Å²) in [5.74, 6) is 1.56. The molecule has 0 saturated carbocycles. The highest BCUT2D eigenvalue weighted by Crippen LogP contribution is 2.23. The van der Waals surface area contributed by atoms with Crippen LogP contribution in [-0.2, 0) is 6.42 Å². The predicted molar refractivity (Wildman–Crippen MR) is 51.3 cm³/mol. The molecule has 2 unspecified atom stereocenters. The van der Waals surface area contributed by atoms with Crippen LogP contribution in [0.1, 0.15) is 31.5 Å². The quantitative estimate of drug-likeness (QED) is 0.743. The van der Waals surface area contributed by atoms with Crippen molar-refractivity contribution in [2.24, 2.45) is 11.7 Å². The first-order valence-electron chi connectivity index (χ1n) is 4.65. The molecule has 1 aromatic heterocycles. The fourth-order valence-electron chi connectivity index (χ4n) is 1.15. The minimum atomic E-state index is -0.578. The molecule has 3 heteroatoms. The molecule has 1 heterocycles. The van der Waals surface area contributed by atoms with Crippen LogP contribution in [0, 0.1) is 5.92 Å². The average Bonchev–Trinajstić information content (AvgIpc) is 2.63. The normalized spacial score (nSPS) is 15.7. The second-order valence-electron chi connectivity index (χ2n) is 3.32. The van der Waals surface area contributed by atoms with Crippen molar-refractivity contribution >= 4 is 0 Å². The lowest BCUT2D eigenvalue weighted by atomic mass is 10.0. The van der Waals surface area contributed by atoms with E-state index in [2.05, 4.69) is 0 Å². The zero-order valence-corrected chi connectivity index (χ0v) is 8.16. The Kier molecular flexibility index (Phi) is 3.51. The highest BCUT2D eigenvalue weighted by molar-refractivity contribution is 5.09. The number of aliphatic hydroxyl groups is 1. The molecule has 0 amide bonds. The van der Waals surface area contributed by atoms with Gasteiger partial charge in [-0.25, -0.2) is 0 Å². The van der Waals surface area contributed by atoms with Gasteiger partial charge in [0.05, 0.1) is 0 Å². The van der Waals surface area contributed by atoms with Crippen LogP contribution in [0.5, 0.6) is 0 Å².